The van der Waals surface area contributed by atoms with Crippen molar-refractivity contribution in [3.05, 3.63) is 82.0 Å². The van der Waals surface area contributed by atoms with Crippen molar-refractivity contribution < 1.29 is 4.79 Å². The maximum Gasteiger partial charge on any atom is 0.261 e. The Hall–Kier alpha value is -2.79. The highest BCUT2D eigenvalue weighted by molar-refractivity contribution is 7.12. The molecule has 1 aliphatic heterocycles. The normalized spacial score (nSPS) is 13.9. The molecule has 0 unspecified atom stereocenters. The minimum atomic E-state index is -0.00241. The van der Waals surface area contributed by atoms with E-state index in [1.165, 1.54) is 33.8 Å². The summed E-state index contributed by atoms with van der Waals surface area (Å²) in [7, 11) is 4.09. The van der Waals surface area contributed by atoms with Crippen molar-refractivity contribution in [3.63, 3.8) is 0 Å². The standard InChI is InChI=1S/C23H25N3OS/c1-25(2)19-11-9-18(10-12-19)21(16-24-23(27)22-8-5-15-28-22)26-14-13-17-6-3-4-7-20(17)26/h3-12,15,21H,13-14,16H2,1-2H3,(H,24,27)/t21-/m1/s1. The van der Waals surface area contributed by atoms with Gasteiger partial charge in [-0.05, 0) is 47.2 Å². The van der Waals surface area contributed by atoms with E-state index in [2.05, 4.69) is 63.6 Å². The molecule has 4 nitrogen and oxygen atoms in total. The van der Waals surface area contributed by atoms with Gasteiger partial charge in [0.05, 0.1) is 10.9 Å². The molecule has 2 aromatic carbocycles. The number of carbonyl (C=O) groups is 1. The van der Waals surface area contributed by atoms with Crippen LogP contribution < -0.4 is 15.1 Å². The van der Waals surface area contributed by atoms with Crippen LogP contribution in [0.25, 0.3) is 0 Å². The number of carbonyl (C=O) groups excluding carboxylic acids is 1. The van der Waals surface area contributed by atoms with Crippen LogP contribution in [0, 0.1) is 0 Å². The molecule has 0 radical (unpaired) electrons. The second-order valence-corrected chi connectivity index (χ2v) is 8.21. The quantitative estimate of drug-likeness (QED) is 0.679. The molecule has 2 heterocycles. The third-order valence-electron chi connectivity index (χ3n) is 5.29. The van der Waals surface area contributed by atoms with E-state index in [9.17, 15) is 4.79 Å². The van der Waals surface area contributed by atoms with Crippen LogP contribution in [0.2, 0.25) is 0 Å². The first-order chi connectivity index (χ1) is 13.6. The van der Waals surface area contributed by atoms with Crippen LogP contribution in [0.3, 0.4) is 0 Å². The predicted octanol–water partition coefficient (Wildman–Crippen LogP) is 4.35. The summed E-state index contributed by atoms with van der Waals surface area (Å²) >= 11 is 1.47. The van der Waals surface area contributed by atoms with Gasteiger partial charge in [-0.2, -0.15) is 0 Å². The number of amides is 1. The van der Waals surface area contributed by atoms with Crippen molar-refractivity contribution in [2.75, 3.05) is 37.0 Å². The van der Waals surface area contributed by atoms with Gasteiger partial charge in [0.2, 0.25) is 0 Å². The fourth-order valence-electron chi connectivity index (χ4n) is 3.77. The van der Waals surface area contributed by atoms with Gasteiger partial charge in [-0.3, -0.25) is 4.79 Å². The molecule has 28 heavy (non-hydrogen) atoms. The molecule has 0 fully saturated rings. The molecule has 144 valence electrons. The summed E-state index contributed by atoms with van der Waals surface area (Å²) in [6, 6.07) is 21.1. The highest BCUT2D eigenvalue weighted by Gasteiger charge is 2.27. The van der Waals surface area contributed by atoms with Crippen LogP contribution in [0.4, 0.5) is 11.4 Å². The Bertz CT molecular complexity index is 935. The topological polar surface area (TPSA) is 35.6 Å². The van der Waals surface area contributed by atoms with Crippen LogP contribution in [-0.4, -0.2) is 33.1 Å². The lowest BCUT2D eigenvalue weighted by molar-refractivity contribution is 0.0955. The number of nitrogens with one attached hydrogen (secondary N) is 1. The van der Waals surface area contributed by atoms with Crippen LogP contribution in [0.1, 0.15) is 26.8 Å². The zero-order valence-electron chi connectivity index (χ0n) is 16.3. The predicted molar refractivity (Wildman–Crippen MR) is 118 cm³/mol. The number of para-hydroxylation sites is 1. The average Bonchev–Trinajstić information content (AvgIpc) is 3.39. The minimum Gasteiger partial charge on any atom is -0.378 e. The van der Waals surface area contributed by atoms with Gasteiger partial charge in [-0.25, -0.2) is 0 Å². The molecule has 5 heteroatoms. The smallest absolute Gasteiger partial charge is 0.261 e. The maximum absolute atomic E-state index is 12.5. The van der Waals surface area contributed by atoms with E-state index < -0.39 is 0 Å². The number of nitrogens with zero attached hydrogens (tertiary/aromatic N) is 2. The fraction of sp³-hybridized carbons (Fsp3) is 0.261. The Kier molecular flexibility index (Phi) is 5.35. The number of fused-ring (bicyclic) bond motifs is 1. The van der Waals surface area contributed by atoms with Gasteiger partial charge in [0, 0.05) is 38.6 Å². The summed E-state index contributed by atoms with van der Waals surface area (Å²) in [5.41, 5.74) is 5.04. The van der Waals surface area contributed by atoms with Gasteiger partial charge in [0.1, 0.15) is 0 Å². The summed E-state index contributed by atoms with van der Waals surface area (Å²) in [5.74, 6) is -0.00241. The van der Waals surface area contributed by atoms with Crippen molar-refractivity contribution in [1.29, 1.82) is 0 Å². The van der Waals surface area contributed by atoms with Crippen LogP contribution in [0.5, 0.6) is 0 Å². The third kappa shape index (κ3) is 3.76. The first-order valence-corrected chi connectivity index (χ1v) is 10.4. The second-order valence-electron chi connectivity index (χ2n) is 7.26. The van der Waals surface area contributed by atoms with E-state index in [0.717, 1.165) is 17.8 Å². The molecule has 0 saturated carbocycles. The van der Waals surface area contributed by atoms with Gasteiger partial charge < -0.3 is 15.1 Å². The third-order valence-corrected chi connectivity index (χ3v) is 6.16. The lowest BCUT2D eigenvalue weighted by Gasteiger charge is -2.31. The molecule has 1 aromatic heterocycles. The summed E-state index contributed by atoms with van der Waals surface area (Å²) in [6.45, 7) is 1.54. The number of benzene rings is 2. The number of thiophene rings is 1. The number of hydrogen-bond acceptors (Lipinski definition) is 4. The zero-order chi connectivity index (χ0) is 19.5. The first-order valence-electron chi connectivity index (χ1n) is 9.57. The van der Waals surface area contributed by atoms with Gasteiger partial charge in [-0.1, -0.05) is 36.4 Å². The van der Waals surface area contributed by atoms with Gasteiger partial charge in [0.25, 0.3) is 5.91 Å². The van der Waals surface area contributed by atoms with Crippen LogP contribution in [-0.2, 0) is 6.42 Å². The van der Waals surface area contributed by atoms with E-state index >= 15 is 0 Å². The highest BCUT2D eigenvalue weighted by Crippen LogP contribution is 2.35. The van der Waals surface area contributed by atoms with Crippen molar-refractivity contribution in [2.24, 2.45) is 0 Å². The number of hydrogen-bond donors (Lipinski definition) is 1. The second kappa shape index (κ2) is 8.07. The molecular weight excluding hydrogens is 366 g/mol. The molecular formula is C23H25N3OS. The summed E-state index contributed by atoms with van der Waals surface area (Å²) in [6.07, 6.45) is 1.04. The van der Waals surface area contributed by atoms with Crippen LogP contribution in [0.15, 0.2) is 66.0 Å². The molecule has 0 bridgehead atoms. The Morgan fingerprint density at radius 1 is 1.11 bits per heavy atom. The Labute approximate surface area is 170 Å². The number of anilines is 2. The molecule has 3 aromatic rings. The molecule has 0 saturated heterocycles. The van der Waals surface area contributed by atoms with Crippen LogP contribution >= 0.6 is 11.3 Å². The molecule has 0 spiro atoms. The molecule has 1 amide bonds. The van der Waals surface area contributed by atoms with Crippen molar-refractivity contribution in [2.45, 2.75) is 12.5 Å². The van der Waals surface area contributed by atoms with E-state index in [4.69, 9.17) is 0 Å². The maximum atomic E-state index is 12.5. The van der Waals surface area contributed by atoms with E-state index in [0.29, 0.717) is 6.54 Å². The summed E-state index contributed by atoms with van der Waals surface area (Å²) < 4.78 is 0. The van der Waals surface area contributed by atoms with Gasteiger partial charge >= 0.3 is 0 Å². The molecule has 0 aliphatic carbocycles. The Morgan fingerprint density at radius 2 is 1.89 bits per heavy atom. The molecule has 1 atom stereocenters. The zero-order valence-corrected chi connectivity index (χ0v) is 17.1. The summed E-state index contributed by atoms with van der Waals surface area (Å²) in [5, 5.41) is 5.08. The van der Waals surface area contributed by atoms with Crippen molar-refractivity contribution in [1.82, 2.24) is 5.32 Å². The van der Waals surface area contributed by atoms with Gasteiger partial charge in [-0.15, -0.1) is 11.3 Å². The van der Waals surface area contributed by atoms with E-state index in [1.807, 2.05) is 31.6 Å². The van der Waals surface area contributed by atoms with E-state index in [-0.39, 0.29) is 11.9 Å². The van der Waals surface area contributed by atoms with Gasteiger partial charge in [0.15, 0.2) is 0 Å². The Balaban J connectivity index is 1.60. The largest absolute Gasteiger partial charge is 0.378 e. The molecule has 4 rings (SSSR count). The molecule has 1 aliphatic rings. The monoisotopic (exact) mass is 391 g/mol. The Morgan fingerprint density at radius 3 is 2.61 bits per heavy atom. The lowest BCUT2D eigenvalue weighted by atomic mass is 10.0. The SMILES string of the molecule is CN(C)c1ccc([C@@H](CNC(=O)c2cccs2)N2CCc3ccccc32)cc1. The average molecular weight is 392 g/mol. The minimum absolute atomic E-state index is 0.00241. The first kappa shape index (κ1) is 18.6. The fourth-order valence-corrected chi connectivity index (χ4v) is 4.41. The lowest BCUT2D eigenvalue weighted by Crippen LogP contribution is -2.37. The van der Waals surface area contributed by atoms with Crippen molar-refractivity contribution in [3.8, 4) is 0 Å². The van der Waals surface area contributed by atoms with Crippen molar-refractivity contribution >= 4 is 28.6 Å². The molecule has 1 N–H and O–H groups in total. The summed E-state index contributed by atoms with van der Waals surface area (Å²) in [4.78, 5) is 17.8. The number of rotatable bonds is 6. The highest BCUT2D eigenvalue weighted by atomic mass is 32.1. The van der Waals surface area contributed by atoms with E-state index in [1.54, 1.807) is 0 Å².